The van der Waals surface area contributed by atoms with Gasteiger partial charge in [0.15, 0.2) is 5.96 Å². The van der Waals surface area contributed by atoms with Crippen molar-refractivity contribution in [3.8, 4) is 0 Å². The number of nitrogens with zero attached hydrogens (tertiary/aromatic N) is 1. The molecule has 0 aromatic rings. The third-order valence-electron chi connectivity index (χ3n) is 3.27. The molecule has 6 heteroatoms. The summed E-state index contributed by atoms with van der Waals surface area (Å²) >= 11 is 0. The Hall–Kier alpha value is -0.0800. The Balaban J connectivity index is 0.00000162. The number of hydrogen-bond acceptors (Lipinski definition) is 3. The number of rotatable bonds is 4. The molecule has 0 saturated carbocycles. The van der Waals surface area contributed by atoms with E-state index >= 15 is 0 Å². The fraction of sp³-hybridized carbons (Fsp3) is 0.917. The molecular weight excluding hydrogens is 345 g/mol. The zero-order valence-electron chi connectivity index (χ0n) is 11.0. The minimum absolute atomic E-state index is 0. The number of ether oxygens (including phenoxy) is 2. The monoisotopic (exact) mass is 369 g/mol. The summed E-state index contributed by atoms with van der Waals surface area (Å²) in [6.07, 6.45) is 5.33. The molecule has 0 radical (unpaired) electrons. The molecule has 2 unspecified atom stereocenters. The maximum Gasteiger partial charge on any atom is 0.191 e. The lowest BCUT2D eigenvalue weighted by molar-refractivity contribution is 0.111. The molecule has 2 N–H and O–H groups in total. The van der Waals surface area contributed by atoms with Crippen LogP contribution >= 0.6 is 24.0 Å². The summed E-state index contributed by atoms with van der Waals surface area (Å²) in [6, 6.07) is 0. The van der Waals surface area contributed by atoms with Crippen molar-refractivity contribution in [3.63, 3.8) is 0 Å². The van der Waals surface area contributed by atoms with Gasteiger partial charge in [-0.05, 0) is 25.7 Å². The van der Waals surface area contributed by atoms with Crippen molar-refractivity contribution in [1.29, 1.82) is 0 Å². The Morgan fingerprint density at radius 3 is 1.89 bits per heavy atom. The molecule has 2 rings (SSSR count). The zero-order chi connectivity index (χ0) is 11.9. The van der Waals surface area contributed by atoms with E-state index in [9.17, 15) is 0 Å². The smallest absolute Gasteiger partial charge is 0.191 e. The predicted octanol–water partition coefficient (Wildman–Crippen LogP) is 1.13. The van der Waals surface area contributed by atoms with Gasteiger partial charge in [-0.2, -0.15) is 0 Å². The number of halogens is 1. The Bertz CT molecular complexity index is 230. The van der Waals surface area contributed by atoms with Crippen LogP contribution in [0.5, 0.6) is 0 Å². The molecule has 0 bridgehead atoms. The molecule has 0 aromatic heterocycles. The lowest BCUT2D eigenvalue weighted by Gasteiger charge is -2.17. The highest BCUT2D eigenvalue weighted by molar-refractivity contribution is 14.0. The summed E-state index contributed by atoms with van der Waals surface area (Å²) in [5.41, 5.74) is 0. The molecular formula is C12H24IN3O2. The van der Waals surface area contributed by atoms with Gasteiger partial charge in [0.25, 0.3) is 0 Å². The number of hydrogen-bond donors (Lipinski definition) is 2. The second-order valence-corrected chi connectivity index (χ2v) is 4.60. The van der Waals surface area contributed by atoms with Crippen molar-refractivity contribution < 1.29 is 9.47 Å². The molecule has 5 nitrogen and oxygen atoms in total. The minimum atomic E-state index is 0. The number of guanidine groups is 1. The van der Waals surface area contributed by atoms with E-state index in [1.54, 1.807) is 7.05 Å². The van der Waals surface area contributed by atoms with Crippen LogP contribution in [0, 0.1) is 0 Å². The molecule has 106 valence electrons. The van der Waals surface area contributed by atoms with Gasteiger partial charge in [0.2, 0.25) is 0 Å². The Morgan fingerprint density at radius 1 is 1.06 bits per heavy atom. The molecule has 0 aromatic carbocycles. The fourth-order valence-corrected chi connectivity index (χ4v) is 2.25. The summed E-state index contributed by atoms with van der Waals surface area (Å²) in [5.74, 6) is 0.844. The average molecular weight is 369 g/mol. The predicted molar refractivity (Wildman–Crippen MR) is 82.7 cm³/mol. The standard InChI is InChI=1S/C12H23N3O2.HI/c1-13-12(14-8-10-4-2-6-16-10)15-9-11-5-3-7-17-11;/h10-11H,2-9H2,1H3,(H2,13,14,15);1H. The van der Waals surface area contributed by atoms with E-state index < -0.39 is 0 Å². The number of aliphatic imine (C=N–C) groups is 1. The molecule has 2 fully saturated rings. The van der Waals surface area contributed by atoms with Gasteiger partial charge in [0.05, 0.1) is 12.2 Å². The average Bonchev–Trinajstić information content (AvgIpc) is 3.02. The molecule has 18 heavy (non-hydrogen) atoms. The van der Waals surface area contributed by atoms with Gasteiger partial charge >= 0.3 is 0 Å². The topological polar surface area (TPSA) is 54.9 Å². The van der Waals surface area contributed by atoms with E-state index in [0.717, 1.165) is 45.1 Å². The van der Waals surface area contributed by atoms with E-state index in [1.807, 2.05) is 0 Å². The maximum absolute atomic E-state index is 5.56. The van der Waals surface area contributed by atoms with Crippen LogP contribution in [-0.2, 0) is 9.47 Å². The van der Waals surface area contributed by atoms with Gasteiger partial charge in [0, 0.05) is 33.4 Å². The molecule has 2 atom stereocenters. The van der Waals surface area contributed by atoms with Crippen LogP contribution in [0.4, 0.5) is 0 Å². The van der Waals surface area contributed by atoms with Crippen LogP contribution in [0.15, 0.2) is 4.99 Å². The zero-order valence-corrected chi connectivity index (χ0v) is 13.3. The molecule has 0 aliphatic carbocycles. The van der Waals surface area contributed by atoms with Crippen LogP contribution in [0.1, 0.15) is 25.7 Å². The minimum Gasteiger partial charge on any atom is -0.376 e. The summed E-state index contributed by atoms with van der Waals surface area (Å²) < 4.78 is 11.1. The highest BCUT2D eigenvalue weighted by atomic mass is 127. The first kappa shape index (κ1) is 16.0. The Morgan fingerprint density at radius 2 is 1.56 bits per heavy atom. The second-order valence-electron chi connectivity index (χ2n) is 4.60. The van der Waals surface area contributed by atoms with Gasteiger partial charge in [-0.15, -0.1) is 24.0 Å². The first-order valence-electron chi connectivity index (χ1n) is 6.56. The summed E-state index contributed by atoms with van der Waals surface area (Å²) in [5, 5.41) is 6.59. The van der Waals surface area contributed by atoms with E-state index in [-0.39, 0.29) is 24.0 Å². The Labute approximate surface area is 126 Å². The van der Waals surface area contributed by atoms with Crippen molar-refractivity contribution in [2.75, 3.05) is 33.4 Å². The van der Waals surface area contributed by atoms with Gasteiger partial charge < -0.3 is 20.1 Å². The molecule has 2 aliphatic rings. The lowest BCUT2D eigenvalue weighted by Crippen LogP contribution is -2.43. The highest BCUT2D eigenvalue weighted by Gasteiger charge is 2.17. The highest BCUT2D eigenvalue weighted by Crippen LogP contribution is 2.11. The largest absolute Gasteiger partial charge is 0.376 e. The molecule has 2 aliphatic heterocycles. The lowest BCUT2D eigenvalue weighted by atomic mass is 10.2. The van der Waals surface area contributed by atoms with Gasteiger partial charge in [-0.3, -0.25) is 4.99 Å². The third kappa shape index (κ3) is 5.27. The normalized spacial score (nSPS) is 26.5. The quantitative estimate of drug-likeness (QED) is 0.443. The van der Waals surface area contributed by atoms with Crippen LogP contribution in [-0.4, -0.2) is 51.5 Å². The van der Waals surface area contributed by atoms with E-state index in [4.69, 9.17) is 9.47 Å². The van der Waals surface area contributed by atoms with Crippen molar-refractivity contribution in [3.05, 3.63) is 0 Å². The molecule has 2 heterocycles. The van der Waals surface area contributed by atoms with E-state index in [2.05, 4.69) is 15.6 Å². The van der Waals surface area contributed by atoms with Crippen molar-refractivity contribution in [2.24, 2.45) is 4.99 Å². The van der Waals surface area contributed by atoms with Crippen LogP contribution < -0.4 is 10.6 Å². The van der Waals surface area contributed by atoms with Crippen molar-refractivity contribution in [1.82, 2.24) is 10.6 Å². The molecule has 0 spiro atoms. The molecule has 2 saturated heterocycles. The summed E-state index contributed by atoms with van der Waals surface area (Å²) in [4.78, 5) is 4.19. The van der Waals surface area contributed by atoms with Gasteiger partial charge in [0.1, 0.15) is 0 Å². The summed E-state index contributed by atoms with van der Waals surface area (Å²) in [7, 11) is 1.79. The van der Waals surface area contributed by atoms with Crippen LogP contribution in [0.3, 0.4) is 0 Å². The van der Waals surface area contributed by atoms with E-state index in [0.29, 0.717) is 12.2 Å². The number of nitrogens with one attached hydrogen (secondary N) is 2. The maximum atomic E-state index is 5.56. The first-order chi connectivity index (χ1) is 8.38. The van der Waals surface area contributed by atoms with E-state index in [1.165, 1.54) is 12.8 Å². The van der Waals surface area contributed by atoms with Gasteiger partial charge in [-0.1, -0.05) is 0 Å². The van der Waals surface area contributed by atoms with Crippen LogP contribution in [0.2, 0.25) is 0 Å². The SMILES string of the molecule is CN=C(NCC1CCCO1)NCC1CCCO1.I. The van der Waals surface area contributed by atoms with Crippen molar-refractivity contribution >= 4 is 29.9 Å². The fourth-order valence-electron chi connectivity index (χ4n) is 2.25. The first-order valence-corrected chi connectivity index (χ1v) is 6.56. The van der Waals surface area contributed by atoms with Gasteiger partial charge in [-0.25, -0.2) is 0 Å². The van der Waals surface area contributed by atoms with Crippen LogP contribution in [0.25, 0.3) is 0 Å². The summed E-state index contributed by atoms with van der Waals surface area (Å²) in [6.45, 7) is 3.47. The molecule has 0 amide bonds. The second kappa shape index (κ2) is 8.92. The van der Waals surface area contributed by atoms with Crippen molar-refractivity contribution in [2.45, 2.75) is 37.9 Å². The Kier molecular flexibility index (Phi) is 7.92. The third-order valence-corrected chi connectivity index (χ3v) is 3.27.